The van der Waals surface area contributed by atoms with Gasteiger partial charge in [-0.25, -0.2) is 13.1 Å². The summed E-state index contributed by atoms with van der Waals surface area (Å²) in [6, 6.07) is 11.8. The first-order valence-electron chi connectivity index (χ1n) is 7.69. The lowest BCUT2D eigenvalue weighted by Gasteiger charge is -2.17. The van der Waals surface area contributed by atoms with Gasteiger partial charge in [-0.05, 0) is 37.4 Å². The van der Waals surface area contributed by atoms with Crippen molar-refractivity contribution in [3.63, 3.8) is 0 Å². The van der Waals surface area contributed by atoms with Crippen molar-refractivity contribution in [3.05, 3.63) is 57.8 Å². The molecular weight excluding hydrogens is 344 g/mol. The number of nitrogens with one attached hydrogen (secondary N) is 2. The Kier molecular flexibility index (Phi) is 6.53. The number of benzene rings is 1. The summed E-state index contributed by atoms with van der Waals surface area (Å²) >= 11 is 1.61. The predicted molar refractivity (Wildman–Crippen MR) is 97.8 cm³/mol. The summed E-state index contributed by atoms with van der Waals surface area (Å²) in [4.78, 5) is 13.7. The van der Waals surface area contributed by atoms with E-state index in [0.29, 0.717) is 6.42 Å². The number of hydrogen-bond donors (Lipinski definition) is 2. The third-order valence-corrected chi connectivity index (χ3v) is 6.02. The maximum absolute atomic E-state index is 12.6. The van der Waals surface area contributed by atoms with Gasteiger partial charge in [0.1, 0.15) is 0 Å². The van der Waals surface area contributed by atoms with Crippen LogP contribution in [0.1, 0.15) is 21.9 Å². The van der Waals surface area contributed by atoms with Crippen LogP contribution in [0.2, 0.25) is 0 Å². The van der Waals surface area contributed by atoms with Gasteiger partial charge in [-0.2, -0.15) is 0 Å². The van der Waals surface area contributed by atoms with Crippen molar-refractivity contribution in [1.29, 1.82) is 0 Å². The van der Waals surface area contributed by atoms with E-state index in [-0.39, 0.29) is 24.1 Å². The van der Waals surface area contributed by atoms with E-state index in [4.69, 9.17) is 0 Å². The smallest absolute Gasteiger partial charge is 0.227 e. The standard InChI is InChI=1S/C17H22N2O3S2/c1-13-5-7-14(8-6-13)16(12-15-4-3-10-23-15)17(20)19-9-11-24(21,22)18-2/h3-8,10,16,18H,9,11-12H2,1-2H3,(H,19,20). The van der Waals surface area contributed by atoms with Crippen LogP contribution in [0.4, 0.5) is 0 Å². The van der Waals surface area contributed by atoms with E-state index < -0.39 is 10.0 Å². The molecule has 0 aliphatic rings. The first-order valence-corrected chi connectivity index (χ1v) is 10.2. The van der Waals surface area contributed by atoms with Gasteiger partial charge in [0, 0.05) is 11.4 Å². The van der Waals surface area contributed by atoms with Crippen molar-refractivity contribution in [2.24, 2.45) is 0 Å². The maximum Gasteiger partial charge on any atom is 0.227 e. The van der Waals surface area contributed by atoms with Crippen LogP contribution in [0.25, 0.3) is 0 Å². The number of hydrogen-bond acceptors (Lipinski definition) is 4. The Morgan fingerprint density at radius 2 is 1.92 bits per heavy atom. The van der Waals surface area contributed by atoms with Crippen LogP contribution in [0.3, 0.4) is 0 Å². The lowest BCUT2D eigenvalue weighted by Crippen LogP contribution is -2.36. The molecule has 24 heavy (non-hydrogen) atoms. The molecule has 7 heteroatoms. The molecule has 2 aromatic rings. The zero-order chi connectivity index (χ0) is 17.6. The number of rotatable bonds is 8. The van der Waals surface area contributed by atoms with Crippen LogP contribution in [0, 0.1) is 6.92 Å². The first-order chi connectivity index (χ1) is 11.4. The van der Waals surface area contributed by atoms with Crippen LogP contribution in [0.15, 0.2) is 41.8 Å². The SMILES string of the molecule is CNS(=O)(=O)CCNC(=O)C(Cc1cccs1)c1ccc(C)cc1. The Hall–Kier alpha value is -1.70. The molecule has 1 heterocycles. The quantitative estimate of drug-likeness (QED) is 0.751. The van der Waals surface area contributed by atoms with Gasteiger partial charge in [-0.15, -0.1) is 11.3 Å². The van der Waals surface area contributed by atoms with Crippen LogP contribution < -0.4 is 10.0 Å². The summed E-state index contributed by atoms with van der Waals surface area (Å²) in [7, 11) is -1.96. The highest BCUT2D eigenvalue weighted by Crippen LogP contribution is 2.24. The number of thiophene rings is 1. The minimum atomic E-state index is -3.32. The van der Waals surface area contributed by atoms with Gasteiger partial charge >= 0.3 is 0 Å². The fourth-order valence-corrected chi connectivity index (χ4v) is 3.65. The van der Waals surface area contributed by atoms with Crippen molar-refractivity contribution in [3.8, 4) is 0 Å². The molecule has 0 aliphatic carbocycles. The number of carbonyl (C=O) groups is 1. The Labute approximate surface area is 147 Å². The van der Waals surface area contributed by atoms with E-state index in [9.17, 15) is 13.2 Å². The van der Waals surface area contributed by atoms with E-state index in [2.05, 4.69) is 10.0 Å². The van der Waals surface area contributed by atoms with Gasteiger partial charge in [0.25, 0.3) is 0 Å². The molecule has 130 valence electrons. The van der Waals surface area contributed by atoms with Crippen molar-refractivity contribution >= 4 is 27.3 Å². The molecule has 5 nitrogen and oxygen atoms in total. The average molecular weight is 367 g/mol. The molecule has 2 N–H and O–H groups in total. The lowest BCUT2D eigenvalue weighted by molar-refractivity contribution is -0.122. The third-order valence-electron chi connectivity index (χ3n) is 3.76. The number of sulfonamides is 1. The van der Waals surface area contributed by atoms with Crippen LogP contribution in [-0.2, 0) is 21.2 Å². The van der Waals surface area contributed by atoms with E-state index in [0.717, 1.165) is 16.0 Å². The second-order valence-electron chi connectivity index (χ2n) is 5.56. The topological polar surface area (TPSA) is 75.3 Å². The van der Waals surface area contributed by atoms with E-state index in [1.54, 1.807) is 11.3 Å². The molecule has 2 rings (SSSR count). The highest BCUT2D eigenvalue weighted by molar-refractivity contribution is 7.89. The van der Waals surface area contributed by atoms with Gasteiger partial charge in [0.15, 0.2) is 0 Å². The maximum atomic E-state index is 12.6. The average Bonchev–Trinajstić information content (AvgIpc) is 3.06. The molecule has 0 spiro atoms. The summed E-state index contributed by atoms with van der Waals surface area (Å²) in [6.45, 7) is 2.09. The zero-order valence-electron chi connectivity index (χ0n) is 13.8. The Morgan fingerprint density at radius 3 is 2.50 bits per heavy atom. The number of amides is 1. The largest absolute Gasteiger partial charge is 0.354 e. The van der Waals surface area contributed by atoms with Crippen molar-refractivity contribution in [1.82, 2.24) is 10.0 Å². The summed E-state index contributed by atoms with van der Waals surface area (Å²) in [6.07, 6.45) is 0.603. The van der Waals surface area contributed by atoms with Crippen molar-refractivity contribution in [2.75, 3.05) is 19.3 Å². The normalized spacial score (nSPS) is 12.8. The highest BCUT2D eigenvalue weighted by atomic mass is 32.2. The van der Waals surface area contributed by atoms with Gasteiger partial charge in [0.05, 0.1) is 11.7 Å². The molecule has 0 saturated heterocycles. The monoisotopic (exact) mass is 366 g/mol. The van der Waals surface area contributed by atoms with Gasteiger partial charge in [0.2, 0.25) is 15.9 Å². The predicted octanol–water partition coefficient (Wildman–Crippen LogP) is 2.05. The summed E-state index contributed by atoms with van der Waals surface area (Å²) in [5.74, 6) is -0.616. The second-order valence-corrected chi connectivity index (χ2v) is 8.64. The molecule has 1 aromatic heterocycles. The summed E-state index contributed by atoms with van der Waals surface area (Å²) in [5.41, 5.74) is 2.07. The van der Waals surface area contributed by atoms with Crippen LogP contribution >= 0.6 is 11.3 Å². The summed E-state index contributed by atoms with van der Waals surface area (Å²) < 4.78 is 25.1. The molecule has 1 atom stereocenters. The molecule has 0 fully saturated rings. The third kappa shape index (κ3) is 5.43. The molecule has 1 aromatic carbocycles. The highest BCUT2D eigenvalue weighted by Gasteiger charge is 2.22. The molecule has 1 unspecified atom stereocenters. The minimum absolute atomic E-state index is 0.0921. The molecule has 0 saturated carbocycles. The first kappa shape index (κ1) is 18.6. The summed E-state index contributed by atoms with van der Waals surface area (Å²) in [5, 5.41) is 4.73. The molecule has 1 amide bonds. The molecule has 0 radical (unpaired) electrons. The lowest BCUT2D eigenvalue weighted by atomic mass is 9.93. The zero-order valence-corrected chi connectivity index (χ0v) is 15.4. The Morgan fingerprint density at radius 1 is 1.21 bits per heavy atom. The van der Waals surface area contributed by atoms with E-state index in [1.807, 2.05) is 48.7 Å². The van der Waals surface area contributed by atoms with E-state index in [1.165, 1.54) is 7.05 Å². The van der Waals surface area contributed by atoms with Gasteiger partial charge < -0.3 is 5.32 Å². The van der Waals surface area contributed by atoms with Gasteiger partial charge in [-0.1, -0.05) is 35.9 Å². The second kappa shape index (κ2) is 8.41. The van der Waals surface area contributed by atoms with Crippen molar-refractivity contribution < 1.29 is 13.2 Å². The number of aryl methyl sites for hydroxylation is 1. The Bertz CT molecular complexity index is 754. The van der Waals surface area contributed by atoms with Crippen LogP contribution in [-0.4, -0.2) is 33.7 Å². The molecule has 0 bridgehead atoms. The van der Waals surface area contributed by atoms with Gasteiger partial charge in [-0.3, -0.25) is 4.79 Å². The Balaban J connectivity index is 2.09. The fourth-order valence-electron chi connectivity index (χ4n) is 2.32. The fraction of sp³-hybridized carbons (Fsp3) is 0.353. The van der Waals surface area contributed by atoms with Crippen molar-refractivity contribution in [2.45, 2.75) is 19.3 Å². The van der Waals surface area contributed by atoms with Crippen LogP contribution in [0.5, 0.6) is 0 Å². The van der Waals surface area contributed by atoms with E-state index >= 15 is 0 Å². The molecule has 0 aliphatic heterocycles. The minimum Gasteiger partial charge on any atom is -0.354 e. The number of carbonyl (C=O) groups excluding carboxylic acids is 1. The molecular formula is C17H22N2O3S2.